The Morgan fingerprint density at radius 2 is 1.95 bits per heavy atom. The van der Waals surface area contributed by atoms with Crippen molar-refractivity contribution in [3.63, 3.8) is 0 Å². The smallest absolute Gasteiger partial charge is 0.223 e. The highest BCUT2D eigenvalue weighted by molar-refractivity contribution is 5.77. The Labute approximate surface area is 119 Å². The first-order valence-electron chi connectivity index (χ1n) is 7.82. The van der Waals surface area contributed by atoms with Gasteiger partial charge in [-0.3, -0.25) is 4.79 Å². The summed E-state index contributed by atoms with van der Waals surface area (Å²) in [5.41, 5.74) is 0.204. The maximum Gasteiger partial charge on any atom is 0.223 e. The van der Waals surface area contributed by atoms with Crippen LogP contribution in [-0.4, -0.2) is 36.0 Å². The van der Waals surface area contributed by atoms with Crippen LogP contribution in [0.2, 0.25) is 0 Å². The molecule has 1 amide bonds. The van der Waals surface area contributed by atoms with Crippen molar-refractivity contribution in [1.29, 1.82) is 0 Å². The van der Waals surface area contributed by atoms with E-state index < -0.39 is 0 Å². The van der Waals surface area contributed by atoms with Crippen molar-refractivity contribution in [3.05, 3.63) is 0 Å². The van der Waals surface area contributed by atoms with E-state index >= 15 is 0 Å². The van der Waals surface area contributed by atoms with Crippen LogP contribution in [-0.2, 0) is 4.79 Å². The number of nitrogens with zero attached hydrogens (tertiary/aromatic N) is 1. The summed E-state index contributed by atoms with van der Waals surface area (Å²) in [6.45, 7) is 15.0. The van der Waals surface area contributed by atoms with E-state index in [0.29, 0.717) is 30.3 Å². The molecule has 0 saturated carbocycles. The van der Waals surface area contributed by atoms with E-state index in [2.05, 4.69) is 51.8 Å². The molecular formula is C16H32N2O. The van der Waals surface area contributed by atoms with Gasteiger partial charge in [-0.2, -0.15) is 0 Å². The number of hydrogen-bond acceptors (Lipinski definition) is 2. The first-order chi connectivity index (χ1) is 8.79. The van der Waals surface area contributed by atoms with E-state index in [9.17, 15) is 4.79 Å². The van der Waals surface area contributed by atoms with Crippen LogP contribution >= 0.6 is 0 Å². The molecule has 0 radical (unpaired) electrons. The van der Waals surface area contributed by atoms with Gasteiger partial charge in [0, 0.05) is 31.6 Å². The molecule has 1 N–H and O–H groups in total. The molecule has 1 aliphatic rings. The van der Waals surface area contributed by atoms with Gasteiger partial charge >= 0.3 is 0 Å². The van der Waals surface area contributed by atoms with E-state index in [1.807, 2.05) is 0 Å². The zero-order chi connectivity index (χ0) is 14.6. The number of amides is 1. The highest BCUT2D eigenvalue weighted by atomic mass is 16.2. The number of carbonyl (C=O) groups excluding carboxylic acids is 1. The lowest BCUT2D eigenvalue weighted by Gasteiger charge is -2.41. The molecule has 3 nitrogen and oxygen atoms in total. The molecule has 0 spiro atoms. The van der Waals surface area contributed by atoms with Crippen molar-refractivity contribution in [2.45, 2.75) is 72.9 Å². The van der Waals surface area contributed by atoms with Crippen LogP contribution in [0.15, 0.2) is 0 Å². The topological polar surface area (TPSA) is 32.3 Å². The zero-order valence-corrected chi connectivity index (χ0v) is 13.6. The quantitative estimate of drug-likeness (QED) is 0.850. The van der Waals surface area contributed by atoms with Crippen molar-refractivity contribution >= 4 is 5.91 Å². The Kier molecular flexibility index (Phi) is 5.84. The third-order valence-corrected chi connectivity index (χ3v) is 4.74. The molecule has 1 heterocycles. The van der Waals surface area contributed by atoms with Crippen molar-refractivity contribution in [2.24, 2.45) is 11.3 Å². The van der Waals surface area contributed by atoms with Crippen LogP contribution in [0.25, 0.3) is 0 Å². The molecule has 1 rings (SSSR count). The standard InChI is InChI=1S/C16H32N2O/c1-7-13-11-18(14(8-2)10-17-13)15(19)9-12(3)16(4,5)6/h12-14,17H,7-11H2,1-6H3. The normalized spacial score (nSPS) is 26.3. The third kappa shape index (κ3) is 4.48. The third-order valence-electron chi connectivity index (χ3n) is 4.74. The number of nitrogens with one attached hydrogen (secondary N) is 1. The molecule has 0 aromatic carbocycles. The van der Waals surface area contributed by atoms with E-state index in [4.69, 9.17) is 0 Å². The van der Waals surface area contributed by atoms with Crippen LogP contribution in [0.5, 0.6) is 0 Å². The van der Waals surface area contributed by atoms with E-state index in [-0.39, 0.29) is 5.41 Å². The van der Waals surface area contributed by atoms with Gasteiger partial charge in [-0.05, 0) is 24.2 Å². The predicted molar refractivity (Wildman–Crippen MR) is 81.1 cm³/mol. The fourth-order valence-corrected chi connectivity index (χ4v) is 2.49. The lowest BCUT2D eigenvalue weighted by atomic mass is 9.80. The lowest BCUT2D eigenvalue weighted by Crippen LogP contribution is -2.58. The molecule has 1 fully saturated rings. The summed E-state index contributed by atoms with van der Waals surface area (Å²) in [5.74, 6) is 0.765. The maximum absolute atomic E-state index is 12.6. The van der Waals surface area contributed by atoms with Gasteiger partial charge in [-0.15, -0.1) is 0 Å². The molecule has 0 aliphatic carbocycles. The molecule has 3 atom stereocenters. The van der Waals surface area contributed by atoms with Gasteiger partial charge in [-0.1, -0.05) is 41.5 Å². The van der Waals surface area contributed by atoms with Crippen molar-refractivity contribution in [3.8, 4) is 0 Å². The lowest BCUT2D eigenvalue weighted by molar-refractivity contribution is -0.137. The van der Waals surface area contributed by atoms with Crippen LogP contribution in [0.3, 0.4) is 0 Å². The molecule has 0 bridgehead atoms. The maximum atomic E-state index is 12.6. The molecule has 1 aliphatic heterocycles. The Bertz CT molecular complexity index is 296. The molecule has 0 aromatic heterocycles. The second-order valence-electron chi connectivity index (χ2n) is 7.09. The second kappa shape index (κ2) is 6.74. The largest absolute Gasteiger partial charge is 0.337 e. The predicted octanol–water partition coefficient (Wildman–Crippen LogP) is 3.05. The molecular weight excluding hydrogens is 236 g/mol. The number of carbonyl (C=O) groups is 1. The highest BCUT2D eigenvalue weighted by Crippen LogP contribution is 2.29. The summed E-state index contributed by atoms with van der Waals surface area (Å²) in [7, 11) is 0. The number of hydrogen-bond donors (Lipinski definition) is 1. The van der Waals surface area contributed by atoms with Crippen LogP contribution < -0.4 is 5.32 Å². The van der Waals surface area contributed by atoms with Gasteiger partial charge in [0.25, 0.3) is 0 Å². The molecule has 3 unspecified atom stereocenters. The van der Waals surface area contributed by atoms with Crippen LogP contribution in [0.1, 0.15) is 60.8 Å². The van der Waals surface area contributed by atoms with Gasteiger partial charge in [-0.25, -0.2) is 0 Å². The van der Waals surface area contributed by atoms with E-state index in [0.717, 1.165) is 25.9 Å². The van der Waals surface area contributed by atoms with Crippen molar-refractivity contribution in [1.82, 2.24) is 10.2 Å². The minimum Gasteiger partial charge on any atom is -0.337 e. The fraction of sp³-hybridized carbons (Fsp3) is 0.938. The Morgan fingerprint density at radius 3 is 2.42 bits per heavy atom. The first-order valence-corrected chi connectivity index (χ1v) is 7.82. The summed E-state index contributed by atoms with van der Waals surface area (Å²) < 4.78 is 0. The molecule has 19 heavy (non-hydrogen) atoms. The summed E-state index contributed by atoms with van der Waals surface area (Å²) in [6, 6.07) is 0.846. The summed E-state index contributed by atoms with van der Waals surface area (Å²) in [6.07, 6.45) is 2.81. The SMILES string of the molecule is CCC1CN(C(=O)CC(C)C(C)(C)C)C(CC)CN1. The first kappa shape index (κ1) is 16.5. The minimum absolute atomic E-state index is 0.204. The summed E-state index contributed by atoms with van der Waals surface area (Å²) in [4.78, 5) is 14.7. The van der Waals surface area contributed by atoms with Gasteiger partial charge in [0.05, 0.1) is 0 Å². The highest BCUT2D eigenvalue weighted by Gasteiger charge is 2.31. The average molecular weight is 268 g/mol. The Balaban J connectivity index is 2.66. The molecule has 3 heteroatoms. The zero-order valence-electron chi connectivity index (χ0n) is 13.6. The van der Waals surface area contributed by atoms with Gasteiger partial charge in [0.2, 0.25) is 5.91 Å². The van der Waals surface area contributed by atoms with Gasteiger partial charge in [0.1, 0.15) is 0 Å². The van der Waals surface area contributed by atoms with Crippen LogP contribution in [0, 0.1) is 11.3 Å². The fourth-order valence-electron chi connectivity index (χ4n) is 2.49. The number of piperazine rings is 1. The average Bonchev–Trinajstić information content (AvgIpc) is 2.36. The van der Waals surface area contributed by atoms with Gasteiger partial charge in [0.15, 0.2) is 0 Å². The monoisotopic (exact) mass is 268 g/mol. The Morgan fingerprint density at radius 1 is 1.32 bits per heavy atom. The van der Waals surface area contributed by atoms with Gasteiger partial charge < -0.3 is 10.2 Å². The molecule has 0 aromatic rings. The van der Waals surface area contributed by atoms with Crippen molar-refractivity contribution in [2.75, 3.05) is 13.1 Å². The second-order valence-corrected chi connectivity index (χ2v) is 7.09. The summed E-state index contributed by atoms with van der Waals surface area (Å²) >= 11 is 0. The molecule has 1 saturated heterocycles. The Hall–Kier alpha value is -0.570. The van der Waals surface area contributed by atoms with E-state index in [1.165, 1.54) is 0 Å². The van der Waals surface area contributed by atoms with E-state index in [1.54, 1.807) is 0 Å². The minimum atomic E-state index is 0.204. The number of rotatable bonds is 4. The summed E-state index contributed by atoms with van der Waals surface area (Å²) in [5, 5.41) is 3.54. The molecule has 112 valence electrons. The van der Waals surface area contributed by atoms with Crippen molar-refractivity contribution < 1.29 is 4.79 Å². The van der Waals surface area contributed by atoms with Crippen LogP contribution in [0.4, 0.5) is 0 Å².